The molecule has 0 spiro atoms. The highest BCUT2D eigenvalue weighted by Gasteiger charge is 2.12. The van der Waals surface area contributed by atoms with Crippen LogP contribution in [0.3, 0.4) is 0 Å². The second kappa shape index (κ2) is 6.53. The van der Waals surface area contributed by atoms with Crippen molar-refractivity contribution in [3.05, 3.63) is 22.6 Å². The second-order valence-electron chi connectivity index (χ2n) is 3.63. The van der Waals surface area contributed by atoms with E-state index in [-0.39, 0.29) is 11.8 Å². The van der Waals surface area contributed by atoms with Gasteiger partial charge in [0.15, 0.2) is 4.67 Å². The maximum atomic E-state index is 11.4. The molecule has 0 aromatic carbocycles. The Balaban J connectivity index is 2.37. The van der Waals surface area contributed by atoms with Crippen LogP contribution < -0.4 is 10.0 Å². The number of hydrogen-bond donors (Lipinski definition) is 2. The molecule has 0 saturated heterocycles. The Labute approximate surface area is 110 Å². The molecule has 1 atom stereocenters. The average molecular weight is 325 g/mol. The van der Waals surface area contributed by atoms with E-state index in [4.69, 9.17) is 4.42 Å². The molecule has 0 saturated carbocycles. The van der Waals surface area contributed by atoms with Crippen LogP contribution in [0.25, 0.3) is 0 Å². The molecule has 2 N–H and O–H groups in total. The summed E-state index contributed by atoms with van der Waals surface area (Å²) in [7, 11) is -3.16. The van der Waals surface area contributed by atoms with Crippen molar-refractivity contribution in [1.82, 2.24) is 10.0 Å². The highest BCUT2D eigenvalue weighted by Crippen LogP contribution is 2.19. The van der Waals surface area contributed by atoms with Crippen LogP contribution in [0.4, 0.5) is 0 Å². The Hall–Kier alpha value is -0.370. The van der Waals surface area contributed by atoms with E-state index in [9.17, 15) is 8.42 Å². The Bertz CT molecular complexity index is 444. The summed E-state index contributed by atoms with van der Waals surface area (Å²) in [4.78, 5) is 0. The van der Waals surface area contributed by atoms with Gasteiger partial charge in [-0.25, -0.2) is 13.1 Å². The lowest BCUT2D eigenvalue weighted by Crippen LogP contribution is -2.32. The number of halogens is 1. The summed E-state index contributed by atoms with van der Waals surface area (Å²) >= 11 is 3.22. The third kappa shape index (κ3) is 5.20. The molecule has 0 bridgehead atoms. The molecule has 0 aliphatic carbocycles. The van der Waals surface area contributed by atoms with E-state index in [1.165, 1.54) is 0 Å². The molecule has 0 fully saturated rings. The standard InChI is InChI=1S/C10H17BrN2O3S/c1-3-13-17(14,15)7-6-12-8(2)9-4-5-10(11)16-9/h4-5,8,12-13H,3,6-7H2,1-2H3. The van der Waals surface area contributed by atoms with Gasteiger partial charge in [0.05, 0.1) is 11.8 Å². The van der Waals surface area contributed by atoms with Gasteiger partial charge in [-0.1, -0.05) is 6.92 Å². The first-order valence-electron chi connectivity index (χ1n) is 5.40. The quantitative estimate of drug-likeness (QED) is 0.799. The van der Waals surface area contributed by atoms with Crippen molar-refractivity contribution in [1.29, 1.82) is 0 Å². The van der Waals surface area contributed by atoms with Crippen LogP contribution in [0.5, 0.6) is 0 Å². The molecule has 0 radical (unpaired) electrons. The van der Waals surface area contributed by atoms with Gasteiger partial charge in [-0.2, -0.15) is 0 Å². The largest absolute Gasteiger partial charge is 0.453 e. The SMILES string of the molecule is CCNS(=O)(=O)CCNC(C)c1ccc(Br)o1. The lowest BCUT2D eigenvalue weighted by molar-refractivity contribution is 0.423. The van der Waals surface area contributed by atoms with E-state index in [1.807, 2.05) is 19.1 Å². The van der Waals surface area contributed by atoms with Crippen molar-refractivity contribution in [3.63, 3.8) is 0 Å². The minimum absolute atomic E-state index is 0.0156. The van der Waals surface area contributed by atoms with Crippen molar-refractivity contribution >= 4 is 26.0 Å². The zero-order chi connectivity index (χ0) is 12.9. The molecule has 5 nitrogen and oxygen atoms in total. The summed E-state index contributed by atoms with van der Waals surface area (Å²) in [6.07, 6.45) is 0. The molecule has 1 rings (SSSR count). The van der Waals surface area contributed by atoms with Gasteiger partial charge < -0.3 is 9.73 Å². The zero-order valence-corrected chi connectivity index (χ0v) is 12.3. The van der Waals surface area contributed by atoms with Gasteiger partial charge in [-0.05, 0) is 35.0 Å². The summed E-state index contributed by atoms with van der Waals surface area (Å²) in [6.45, 7) is 4.48. The molecule has 1 aromatic rings. The molecule has 7 heteroatoms. The number of furan rings is 1. The van der Waals surface area contributed by atoms with E-state index in [2.05, 4.69) is 26.0 Å². The van der Waals surface area contributed by atoms with Crippen LogP contribution in [0.1, 0.15) is 25.6 Å². The van der Waals surface area contributed by atoms with Crippen LogP contribution in [-0.2, 0) is 10.0 Å². The van der Waals surface area contributed by atoms with Crippen molar-refractivity contribution < 1.29 is 12.8 Å². The third-order valence-electron chi connectivity index (χ3n) is 2.21. The summed E-state index contributed by atoms with van der Waals surface area (Å²) < 4.78 is 31.2. The molecule has 1 heterocycles. The van der Waals surface area contributed by atoms with Gasteiger partial charge in [0.2, 0.25) is 10.0 Å². The Morgan fingerprint density at radius 3 is 2.71 bits per heavy atom. The molecule has 1 aromatic heterocycles. The van der Waals surface area contributed by atoms with Gasteiger partial charge in [-0.3, -0.25) is 0 Å². The van der Waals surface area contributed by atoms with Crippen molar-refractivity contribution in [2.75, 3.05) is 18.8 Å². The maximum absolute atomic E-state index is 11.4. The molecule has 0 amide bonds. The Kier molecular flexibility index (Phi) is 5.64. The van der Waals surface area contributed by atoms with Crippen molar-refractivity contribution in [2.45, 2.75) is 19.9 Å². The minimum atomic E-state index is -3.16. The molecule has 0 aliphatic rings. The molecule has 98 valence electrons. The second-order valence-corrected chi connectivity index (χ2v) is 6.34. The van der Waals surface area contributed by atoms with Crippen LogP contribution >= 0.6 is 15.9 Å². The van der Waals surface area contributed by atoms with Gasteiger partial charge in [0, 0.05) is 13.1 Å². The summed E-state index contributed by atoms with van der Waals surface area (Å²) in [5.74, 6) is 0.838. The van der Waals surface area contributed by atoms with Crippen LogP contribution in [0.15, 0.2) is 21.2 Å². The van der Waals surface area contributed by atoms with Gasteiger partial charge >= 0.3 is 0 Å². The predicted molar refractivity (Wildman–Crippen MR) is 70.3 cm³/mol. The first kappa shape index (κ1) is 14.7. The zero-order valence-electron chi connectivity index (χ0n) is 9.86. The molecule has 17 heavy (non-hydrogen) atoms. The van der Waals surface area contributed by atoms with Gasteiger partial charge in [0.25, 0.3) is 0 Å². The molecule has 0 aliphatic heterocycles. The smallest absolute Gasteiger partial charge is 0.212 e. The van der Waals surface area contributed by atoms with Gasteiger partial charge in [0.1, 0.15) is 5.76 Å². The third-order valence-corrected chi connectivity index (χ3v) is 4.10. The fraction of sp³-hybridized carbons (Fsp3) is 0.600. The van der Waals surface area contributed by atoms with E-state index < -0.39 is 10.0 Å². The number of rotatable bonds is 7. The number of hydrogen-bond acceptors (Lipinski definition) is 4. The minimum Gasteiger partial charge on any atom is -0.453 e. The Morgan fingerprint density at radius 1 is 1.47 bits per heavy atom. The van der Waals surface area contributed by atoms with E-state index in [0.29, 0.717) is 17.8 Å². The lowest BCUT2D eigenvalue weighted by atomic mass is 10.2. The first-order chi connectivity index (χ1) is 7.94. The van der Waals surface area contributed by atoms with Crippen molar-refractivity contribution in [3.8, 4) is 0 Å². The fourth-order valence-electron chi connectivity index (χ4n) is 1.36. The van der Waals surface area contributed by atoms with Crippen LogP contribution in [0.2, 0.25) is 0 Å². The van der Waals surface area contributed by atoms with E-state index in [0.717, 1.165) is 5.76 Å². The summed E-state index contributed by atoms with van der Waals surface area (Å²) in [6, 6.07) is 3.64. The molecule has 1 unspecified atom stereocenters. The number of sulfonamides is 1. The summed E-state index contributed by atoms with van der Waals surface area (Å²) in [5.41, 5.74) is 0. The molecular formula is C10H17BrN2O3S. The highest BCUT2D eigenvalue weighted by molar-refractivity contribution is 9.10. The first-order valence-corrected chi connectivity index (χ1v) is 7.85. The normalized spacial score (nSPS) is 13.8. The fourth-order valence-corrected chi connectivity index (χ4v) is 2.65. The lowest BCUT2D eigenvalue weighted by Gasteiger charge is -2.11. The monoisotopic (exact) mass is 324 g/mol. The maximum Gasteiger partial charge on any atom is 0.212 e. The topological polar surface area (TPSA) is 71.3 Å². The van der Waals surface area contributed by atoms with Crippen LogP contribution in [0, 0.1) is 0 Å². The highest BCUT2D eigenvalue weighted by atomic mass is 79.9. The average Bonchev–Trinajstić information content (AvgIpc) is 2.64. The van der Waals surface area contributed by atoms with Gasteiger partial charge in [-0.15, -0.1) is 0 Å². The van der Waals surface area contributed by atoms with Crippen molar-refractivity contribution in [2.24, 2.45) is 0 Å². The summed E-state index contributed by atoms with van der Waals surface area (Å²) in [5, 5.41) is 3.09. The van der Waals surface area contributed by atoms with E-state index >= 15 is 0 Å². The van der Waals surface area contributed by atoms with E-state index in [1.54, 1.807) is 6.92 Å². The molecular weight excluding hydrogens is 308 g/mol. The predicted octanol–water partition coefficient (Wildman–Crippen LogP) is 1.63. The van der Waals surface area contributed by atoms with Crippen LogP contribution in [-0.4, -0.2) is 27.3 Å². The Morgan fingerprint density at radius 2 is 2.18 bits per heavy atom. The number of nitrogens with one attached hydrogen (secondary N) is 2.